The van der Waals surface area contributed by atoms with Crippen LogP contribution in [0.3, 0.4) is 0 Å². The van der Waals surface area contributed by atoms with Gasteiger partial charge in [0.25, 0.3) is 0 Å². The largest absolute Gasteiger partial charge is 0.463 e. The van der Waals surface area contributed by atoms with Gasteiger partial charge in [0.1, 0.15) is 18.8 Å². The summed E-state index contributed by atoms with van der Waals surface area (Å²) in [4.78, 5) is 59.9. The first-order valence-electron chi connectivity index (χ1n) is 15.1. The van der Waals surface area contributed by atoms with E-state index in [1.165, 1.54) is 64.7 Å². The minimum Gasteiger partial charge on any atom is -0.463 e. The summed E-state index contributed by atoms with van der Waals surface area (Å²) in [6.07, 6.45) is 10.6. The van der Waals surface area contributed by atoms with Crippen molar-refractivity contribution in [3.8, 4) is 0 Å². The number of hydrogen-bond donors (Lipinski definition) is 1. The first-order chi connectivity index (χ1) is 19.5. The summed E-state index contributed by atoms with van der Waals surface area (Å²) in [5.41, 5.74) is 0. The SMILES string of the molecule is CCCCCCCCCCCCCCCC(=O)NC1C(OC(C)=O)OC(COC(C)=O)C(OC(C)=O)C1OC(C)=O. The van der Waals surface area contributed by atoms with Crippen molar-refractivity contribution in [2.45, 2.75) is 155 Å². The maximum atomic E-state index is 12.9. The molecule has 0 aliphatic carbocycles. The van der Waals surface area contributed by atoms with Gasteiger partial charge in [0.2, 0.25) is 12.2 Å². The highest BCUT2D eigenvalue weighted by molar-refractivity contribution is 5.76. The zero-order valence-corrected chi connectivity index (χ0v) is 25.6. The summed E-state index contributed by atoms with van der Waals surface area (Å²) in [5, 5.41) is 2.74. The molecule has 5 atom stereocenters. The molecule has 0 saturated carbocycles. The highest BCUT2D eigenvalue weighted by Crippen LogP contribution is 2.28. The van der Waals surface area contributed by atoms with Crippen LogP contribution in [0.25, 0.3) is 0 Å². The second-order valence-electron chi connectivity index (χ2n) is 10.7. The number of carbonyl (C=O) groups is 5. The van der Waals surface area contributed by atoms with E-state index in [-0.39, 0.29) is 18.9 Å². The quantitative estimate of drug-likeness (QED) is 0.122. The Bertz CT molecular complexity index is 817. The zero-order valence-electron chi connectivity index (χ0n) is 25.6. The normalized spacial score (nSPS) is 21.9. The van der Waals surface area contributed by atoms with Crippen LogP contribution >= 0.6 is 0 Å². The Morgan fingerprint density at radius 1 is 0.610 bits per heavy atom. The van der Waals surface area contributed by atoms with Gasteiger partial charge in [-0.2, -0.15) is 0 Å². The van der Waals surface area contributed by atoms with E-state index in [2.05, 4.69) is 12.2 Å². The number of rotatable bonds is 20. The lowest BCUT2D eigenvalue weighted by Gasteiger charge is -2.44. The third-order valence-electron chi connectivity index (χ3n) is 6.82. The van der Waals surface area contributed by atoms with Gasteiger partial charge in [0, 0.05) is 34.1 Å². The Morgan fingerprint density at radius 2 is 1.07 bits per heavy atom. The molecule has 1 N–H and O–H groups in total. The van der Waals surface area contributed by atoms with Crippen molar-refractivity contribution in [1.29, 1.82) is 0 Å². The summed E-state index contributed by atoms with van der Waals surface area (Å²) >= 11 is 0. The smallest absolute Gasteiger partial charge is 0.305 e. The number of carbonyl (C=O) groups excluding carboxylic acids is 5. The Morgan fingerprint density at radius 3 is 1.54 bits per heavy atom. The number of amides is 1. The van der Waals surface area contributed by atoms with Crippen molar-refractivity contribution in [2.75, 3.05) is 6.61 Å². The molecule has 11 heteroatoms. The molecule has 0 spiro atoms. The average Bonchev–Trinajstić information content (AvgIpc) is 2.88. The molecule has 1 aliphatic heterocycles. The molecule has 5 unspecified atom stereocenters. The highest BCUT2D eigenvalue weighted by Gasteiger charge is 2.52. The lowest BCUT2D eigenvalue weighted by atomic mass is 9.95. The lowest BCUT2D eigenvalue weighted by molar-refractivity contribution is -0.271. The monoisotopic (exact) mass is 585 g/mol. The highest BCUT2D eigenvalue weighted by atomic mass is 16.7. The van der Waals surface area contributed by atoms with E-state index in [4.69, 9.17) is 23.7 Å². The number of nitrogens with one attached hydrogen (secondary N) is 1. The molecule has 1 aliphatic rings. The topological polar surface area (TPSA) is 144 Å². The van der Waals surface area contributed by atoms with Crippen molar-refractivity contribution in [3.63, 3.8) is 0 Å². The van der Waals surface area contributed by atoms with Gasteiger partial charge < -0.3 is 29.0 Å². The van der Waals surface area contributed by atoms with E-state index >= 15 is 0 Å². The van der Waals surface area contributed by atoms with Gasteiger partial charge in [-0.1, -0.05) is 84.0 Å². The van der Waals surface area contributed by atoms with Crippen LogP contribution in [-0.4, -0.2) is 67.0 Å². The fraction of sp³-hybridized carbons (Fsp3) is 0.833. The van der Waals surface area contributed by atoms with Gasteiger partial charge in [0.15, 0.2) is 12.2 Å². The van der Waals surface area contributed by atoms with E-state index in [0.29, 0.717) is 6.42 Å². The van der Waals surface area contributed by atoms with Gasteiger partial charge in [-0.05, 0) is 6.42 Å². The van der Waals surface area contributed by atoms with Crippen LogP contribution in [0.1, 0.15) is 125 Å². The van der Waals surface area contributed by atoms with E-state index in [9.17, 15) is 24.0 Å². The summed E-state index contributed by atoms with van der Waals surface area (Å²) in [6, 6.07) is -1.16. The number of esters is 4. The number of unbranched alkanes of at least 4 members (excludes halogenated alkanes) is 12. The third-order valence-corrected chi connectivity index (χ3v) is 6.82. The van der Waals surface area contributed by atoms with Crippen molar-refractivity contribution in [1.82, 2.24) is 5.32 Å². The second kappa shape index (κ2) is 21.1. The van der Waals surface area contributed by atoms with Gasteiger partial charge in [-0.25, -0.2) is 0 Å². The van der Waals surface area contributed by atoms with Crippen LogP contribution in [0.4, 0.5) is 0 Å². The fourth-order valence-corrected chi connectivity index (χ4v) is 4.88. The predicted molar refractivity (Wildman–Crippen MR) is 150 cm³/mol. The van der Waals surface area contributed by atoms with Crippen LogP contribution < -0.4 is 5.32 Å². The molecule has 1 fully saturated rings. The molecule has 0 aromatic rings. The molecule has 1 rings (SSSR count). The lowest BCUT2D eigenvalue weighted by Crippen LogP contribution is -2.67. The summed E-state index contributed by atoms with van der Waals surface area (Å²) < 4.78 is 26.9. The van der Waals surface area contributed by atoms with Crippen molar-refractivity contribution < 1.29 is 47.7 Å². The molecule has 0 aromatic carbocycles. The molecule has 11 nitrogen and oxygen atoms in total. The molecule has 41 heavy (non-hydrogen) atoms. The zero-order chi connectivity index (χ0) is 30.6. The Labute approximate surface area is 244 Å². The Kier molecular flexibility index (Phi) is 18.7. The standard InChI is InChI=1S/C30H51NO10/c1-6-7-8-9-10-11-12-13-14-15-16-17-18-19-26(36)31-27-29(39-23(4)34)28(38-22(3)33)25(20-37-21(2)32)41-30(27)40-24(5)35/h25,27-30H,6-20H2,1-5H3,(H,31,36). The van der Waals surface area contributed by atoms with E-state index < -0.39 is 54.5 Å². The van der Waals surface area contributed by atoms with Crippen molar-refractivity contribution in [2.24, 2.45) is 0 Å². The van der Waals surface area contributed by atoms with Crippen LogP contribution in [0, 0.1) is 0 Å². The summed E-state index contributed by atoms with van der Waals surface area (Å²) in [7, 11) is 0. The van der Waals surface area contributed by atoms with Crippen molar-refractivity contribution in [3.05, 3.63) is 0 Å². The molecule has 0 aromatic heterocycles. The van der Waals surface area contributed by atoms with Gasteiger partial charge in [0.05, 0.1) is 0 Å². The Hall–Kier alpha value is -2.69. The van der Waals surface area contributed by atoms with Gasteiger partial charge in [-0.3, -0.25) is 24.0 Å². The van der Waals surface area contributed by atoms with Crippen LogP contribution in [0.15, 0.2) is 0 Å². The Balaban J connectivity index is 2.67. The average molecular weight is 586 g/mol. The number of hydrogen-bond acceptors (Lipinski definition) is 10. The van der Waals surface area contributed by atoms with E-state index in [1.807, 2.05) is 0 Å². The maximum Gasteiger partial charge on any atom is 0.305 e. The van der Waals surface area contributed by atoms with E-state index in [1.54, 1.807) is 0 Å². The van der Waals surface area contributed by atoms with Crippen LogP contribution in [-0.2, 0) is 47.7 Å². The number of ether oxygens (including phenoxy) is 5. The van der Waals surface area contributed by atoms with Gasteiger partial charge in [-0.15, -0.1) is 0 Å². The molecule has 1 saturated heterocycles. The second-order valence-corrected chi connectivity index (χ2v) is 10.7. The predicted octanol–water partition coefficient (Wildman–Crippen LogP) is 4.67. The van der Waals surface area contributed by atoms with Crippen LogP contribution in [0.5, 0.6) is 0 Å². The molecular weight excluding hydrogens is 534 g/mol. The summed E-state index contributed by atoms with van der Waals surface area (Å²) in [6.45, 7) is 6.55. The van der Waals surface area contributed by atoms with E-state index in [0.717, 1.165) is 40.0 Å². The first-order valence-corrected chi connectivity index (χ1v) is 15.1. The molecule has 0 radical (unpaired) electrons. The van der Waals surface area contributed by atoms with Crippen molar-refractivity contribution >= 4 is 29.8 Å². The minimum atomic E-state index is -1.38. The molecule has 1 amide bonds. The fourth-order valence-electron chi connectivity index (χ4n) is 4.88. The van der Waals surface area contributed by atoms with Crippen LogP contribution in [0.2, 0.25) is 0 Å². The maximum absolute atomic E-state index is 12.9. The molecule has 236 valence electrons. The molecule has 0 bridgehead atoms. The molecule has 1 heterocycles. The van der Waals surface area contributed by atoms with Gasteiger partial charge >= 0.3 is 23.9 Å². The first kappa shape index (κ1) is 36.3. The molecular formula is C30H51NO10. The minimum absolute atomic E-state index is 0.211. The summed E-state index contributed by atoms with van der Waals surface area (Å²) in [5.74, 6) is -3.08. The third kappa shape index (κ3) is 16.4.